The smallest absolute Gasteiger partial charge is 0.317 e. The van der Waals surface area contributed by atoms with Crippen LogP contribution >= 0.6 is 0 Å². The monoisotopic (exact) mass is 246 g/mol. The summed E-state index contributed by atoms with van der Waals surface area (Å²) in [5, 5.41) is 2.89. The second-order valence-corrected chi connectivity index (χ2v) is 6.24. The van der Waals surface area contributed by atoms with Gasteiger partial charge in [0.1, 0.15) is 0 Å². The number of likely N-dealkylation sites (tertiary alicyclic amines) is 1. The van der Waals surface area contributed by atoms with Crippen molar-refractivity contribution in [2.24, 2.45) is 5.92 Å². The molecule has 0 bridgehead atoms. The molecule has 0 aliphatic carbocycles. The Balaban J connectivity index is 2.32. The van der Waals surface area contributed by atoms with Crippen LogP contribution in [-0.2, 0) is 10.8 Å². The van der Waals surface area contributed by atoms with E-state index in [1.807, 2.05) is 11.8 Å². The molecule has 0 aromatic heterocycles. The lowest BCUT2D eigenvalue weighted by Crippen LogP contribution is -2.48. The molecule has 5 heteroatoms. The molecule has 2 unspecified atom stereocenters. The van der Waals surface area contributed by atoms with E-state index in [2.05, 4.69) is 12.2 Å². The van der Waals surface area contributed by atoms with Gasteiger partial charge >= 0.3 is 6.03 Å². The van der Waals surface area contributed by atoms with Gasteiger partial charge in [-0.3, -0.25) is 4.21 Å². The lowest BCUT2D eigenvalue weighted by molar-refractivity contribution is 0.172. The minimum Gasteiger partial charge on any atom is -0.335 e. The van der Waals surface area contributed by atoms with E-state index in [0.29, 0.717) is 5.75 Å². The summed E-state index contributed by atoms with van der Waals surface area (Å²) < 4.78 is 11.0. The fourth-order valence-corrected chi connectivity index (χ4v) is 2.69. The van der Waals surface area contributed by atoms with Crippen LogP contribution in [0.3, 0.4) is 0 Å². The number of nitrogens with one attached hydrogen (secondary N) is 1. The molecule has 16 heavy (non-hydrogen) atoms. The van der Waals surface area contributed by atoms with Gasteiger partial charge in [0, 0.05) is 41.9 Å². The Hall–Kier alpha value is -0.580. The van der Waals surface area contributed by atoms with E-state index in [4.69, 9.17) is 0 Å². The summed E-state index contributed by atoms with van der Waals surface area (Å²) in [5.74, 6) is 1.25. The lowest BCUT2D eigenvalue weighted by atomic mass is 10.00. The Kier molecular flexibility index (Phi) is 5.25. The first kappa shape index (κ1) is 13.5. The SMILES string of the molecule is CC1CCN(C(=O)NC(C)CS(C)=O)CC1. The topological polar surface area (TPSA) is 49.4 Å². The molecule has 0 aromatic carbocycles. The van der Waals surface area contributed by atoms with E-state index < -0.39 is 10.8 Å². The predicted octanol–water partition coefficient (Wildman–Crippen LogP) is 1.19. The van der Waals surface area contributed by atoms with Gasteiger partial charge < -0.3 is 10.2 Å². The van der Waals surface area contributed by atoms with Crippen molar-refractivity contribution < 1.29 is 9.00 Å². The number of rotatable bonds is 3. The summed E-state index contributed by atoms with van der Waals surface area (Å²) in [4.78, 5) is 13.7. The summed E-state index contributed by atoms with van der Waals surface area (Å²) in [6.07, 6.45) is 3.83. The van der Waals surface area contributed by atoms with Crippen molar-refractivity contribution in [3.05, 3.63) is 0 Å². The normalized spacial score (nSPS) is 21.6. The van der Waals surface area contributed by atoms with Crippen LogP contribution in [0.2, 0.25) is 0 Å². The number of nitrogens with zero attached hydrogens (tertiary/aromatic N) is 1. The maximum absolute atomic E-state index is 11.8. The van der Waals surface area contributed by atoms with Gasteiger partial charge in [0.2, 0.25) is 0 Å². The van der Waals surface area contributed by atoms with Crippen molar-refractivity contribution in [3.8, 4) is 0 Å². The van der Waals surface area contributed by atoms with Crippen molar-refractivity contribution >= 4 is 16.8 Å². The third-order valence-electron chi connectivity index (χ3n) is 2.93. The quantitative estimate of drug-likeness (QED) is 0.813. The maximum Gasteiger partial charge on any atom is 0.317 e. The summed E-state index contributed by atoms with van der Waals surface area (Å²) >= 11 is 0. The van der Waals surface area contributed by atoms with Crippen molar-refractivity contribution in [1.29, 1.82) is 0 Å². The summed E-state index contributed by atoms with van der Waals surface area (Å²) in [6, 6.07) is -0.0254. The second kappa shape index (κ2) is 6.23. The number of urea groups is 1. The van der Waals surface area contributed by atoms with Crippen LogP contribution in [0, 0.1) is 5.92 Å². The van der Waals surface area contributed by atoms with E-state index >= 15 is 0 Å². The molecule has 1 fully saturated rings. The first-order valence-electron chi connectivity index (χ1n) is 5.84. The summed E-state index contributed by atoms with van der Waals surface area (Å²) in [7, 11) is -0.856. The van der Waals surface area contributed by atoms with Gasteiger partial charge in [-0.2, -0.15) is 0 Å². The molecule has 1 saturated heterocycles. The second-order valence-electron chi connectivity index (χ2n) is 4.76. The minimum absolute atomic E-state index is 0.00940. The zero-order chi connectivity index (χ0) is 12.1. The van der Waals surface area contributed by atoms with Gasteiger partial charge in [-0.1, -0.05) is 6.92 Å². The molecule has 0 radical (unpaired) electrons. The standard InChI is InChI=1S/C11H22N2O2S/c1-9-4-6-13(7-5-9)11(14)12-10(2)8-16(3)15/h9-10H,4-8H2,1-3H3,(H,12,14). The molecular weight excluding hydrogens is 224 g/mol. The van der Waals surface area contributed by atoms with Crippen LogP contribution in [-0.4, -0.2) is 46.3 Å². The summed E-state index contributed by atoms with van der Waals surface area (Å²) in [5.41, 5.74) is 0. The number of hydrogen-bond donors (Lipinski definition) is 1. The zero-order valence-electron chi connectivity index (χ0n) is 10.4. The highest BCUT2D eigenvalue weighted by Crippen LogP contribution is 2.15. The van der Waals surface area contributed by atoms with Crippen LogP contribution in [0.25, 0.3) is 0 Å². The number of piperidine rings is 1. The minimum atomic E-state index is -0.856. The van der Waals surface area contributed by atoms with Gasteiger partial charge in [-0.15, -0.1) is 0 Å². The fraction of sp³-hybridized carbons (Fsp3) is 0.909. The lowest BCUT2D eigenvalue weighted by Gasteiger charge is -2.31. The number of carbonyl (C=O) groups is 1. The Labute approximate surface area is 100 Å². The van der Waals surface area contributed by atoms with Gasteiger partial charge in [0.05, 0.1) is 0 Å². The van der Waals surface area contributed by atoms with Gasteiger partial charge in [-0.25, -0.2) is 4.79 Å². The average molecular weight is 246 g/mol. The molecule has 1 aliphatic rings. The molecule has 0 aromatic rings. The van der Waals surface area contributed by atoms with Crippen molar-refractivity contribution in [3.63, 3.8) is 0 Å². The molecule has 2 amide bonds. The van der Waals surface area contributed by atoms with E-state index in [0.717, 1.165) is 31.8 Å². The highest BCUT2D eigenvalue weighted by molar-refractivity contribution is 7.84. The van der Waals surface area contributed by atoms with E-state index in [-0.39, 0.29) is 12.1 Å². The molecule has 4 nitrogen and oxygen atoms in total. The molecule has 0 saturated carbocycles. The molecule has 2 atom stereocenters. The molecular formula is C11H22N2O2S. The average Bonchev–Trinajstić information content (AvgIpc) is 2.16. The highest BCUT2D eigenvalue weighted by atomic mass is 32.2. The van der Waals surface area contributed by atoms with Crippen molar-refractivity contribution in [2.75, 3.05) is 25.1 Å². The predicted molar refractivity (Wildman–Crippen MR) is 66.9 cm³/mol. The highest BCUT2D eigenvalue weighted by Gasteiger charge is 2.21. The fourth-order valence-electron chi connectivity index (χ4n) is 1.91. The maximum atomic E-state index is 11.8. The van der Waals surface area contributed by atoms with Gasteiger partial charge in [0.25, 0.3) is 0 Å². The van der Waals surface area contributed by atoms with Gasteiger partial charge in [0.15, 0.2) is 0 Å². The van der Waals surface area contributed by atoms with Crippen molar-refractivity contribution in [2.45, 2.75) is 32.7 Å². The Morgan fingerprint density at radius 1 is 1.50 bits per heavy atom. The molecule has 1 N–H and O–H groups in total. The molecule has 1 aliphatic heterocycles. The van der Waals surface area contributed by atoms with E-state index in [1.165, 1.54) is 0 Å². The molecule has 0 spiro atoms. The van der Waals surface area contributed by atoms with Crippen LogP contribution in [0.4, 0.5) is 4.79 Å². The summed E-state index contributed by atoms with van der Waals surface area (Å²) in [6.45, 7) is 5.80. The van der Waals surface area contributed by atoms with Crippen LogP contribution in [0.1, 0.15) is 26.7 Å². The first-order chi connectivity index (χ1) is 7.49. The van der Waals surface area contributed by atoms with Crippen LogP contribution in [0.5, 0.6) is 0 Å². The van der Waals surface area contributed by atoms with E-state index in [1.54, 1.807) is 6.26 Å². The number of amides is 2. The number of carbonyl (C=O) groups excluding carboxylic acids is 1. The molecule has 94 valence electrons. The molecule has 1 heterocycles. The third-order valence-corrected chi connectivity index (χ3v) is 3.89. The van der Waals surface area contributed by atoms with Crippen LogP contribution in [0.15, 0.2) is 0 Å². The Bertz CT molecular complexity index is 263. The Morgan fingerprint density at radius 2 is 2.06 bits per heavy atom. The van der Waals surface area contributed by atoms with Crippen molar-refractivity contribution in [1.82, 2.24) is 10.2 Å². The Morgan fingerprint density at radius 3 is 2.56 bits per heavy atom. The third kappa shape index (κ3) is 4.51. The van der Waals surface area contributed by atoms with Gasteiger partial charge in [-0.05, 0) is 25.7 Å². The van der Waals surface area contributed by atoms with Crippen LogP contribution < -0.4 is 5.32 Å². The van der Waals surface area contributed by atoms with E-state index in [9.17, 15) is 9.00 Å². The zero-order valence-corrected chi connectivity index (χ0v) is 11.2. The molecule has 1 rings (SSSR count). The number of hydrogen-bond acceptors (Lipinski definition) is 2. The largest absolute Gasteiger partial charge is 0.335 e. The first-order valence-corrected chi connectivity index (χ1v) is 7.57.